The lowest BCUT2D eigenvalue weighted by atomic mass is 10.0. The van der Waals surface area contributed by atoms with Crippen molar-refractivity contribution in [2.24, 2.45) is 0 Å². The van der Waals surface area contributed by atoms with Gasteiger partial charge in [-0.15, -0.1) is 0 Å². The van der Waals surface area contributed by atoms with Gasteiger partial charge in [-0.1, -0.05) is 17.7 Å². The molecule has 0 heterocycles. The first-order valence-electron chi connectivity index (χ1n) is 5.65. The predicted molar refractivity (Wildman–Crippen MR) is 74.1 cm³/mol. The molecule has 0 radical (unpaired) electrons. The molecule has 2 aromatic rings. The van der Waals surface area contributed by atoms with Gasteiger partial charge in [-0.05, 0) is 51.3 Å². The van der Waals surface area contributed by atoms with Crippen LogP contribution in [0.2, 0.25) is 5.02 Å². The zero-order chi connectivity index (χ0) is 14.9. The van der Waals surface area contributed by atoms with Crippen molar-refractivity contribution in [1.82, 2.24) is 0 Å². The van der Waals surface area contributed by atoms with E-state index in [2.05, 4.69) is 15.9 Å². The first kappa shape index (κ1) is 15.4. The Balaban J connectivity index is 2.31. The van der Waals surface area contributed by atoms with Gasteiger partial charge in [-0.3, -0.25) is 0 Å². The fourth-order valence-electron chi connectivity index (χ4n) is 1.82. The number of benzene rings is 2. The van der Waals surface area contributed by atoms with E-state index in [0.717, 1.165) is 6.07 Å². The van der Waals surface area contributed by atoms with Gasteiger partial charge in [0, 0.05) is 11.4 Å². The zero-order valence-corrected chi connectivity index (χ0v) is 12.4. The van der Waals surface area contributed by atoms with Crippen molar-refractivity contribution < 1.29 is 18.3 Å². The third-order valence-electron chi connectivity index (χ3n) is 2.85. The quantitative estimate of drug-likeness (QED) is 0.775. The molecule has 2 rings (SSSR count). The first-order valence-corrected chi connectivity index (χ1v) is 6.82. The summed E-state index contributed by atoms with van der Waals surface area (Å²) >= 11 is 8.64. The minimum absolute atomic E-state index is 0.101. The topological polar surface area (TPSA) is 20.2 Å². The number of hydrogen-bond donors (Lipinski definition) is 1. The largest absolute Gasteiger partial charge is 0.388 e. The fraction of sp³-hybridized carbons (Fsp3) is 0.143. The second-order valence-corrected chi connectivity index (χ2v) is 5.45. The highest BCUT2D eigenvalue weighted by atomic mass is 79.9. The van der Waals surface area contributed by atoms with E-state index >= 15 is 0 Å². The van der Waals surface area contributed by atoms with Crippen LogP contribution in [0.25, 0.3) is 0 Å². The number of aliphatic hydroxyl groups excluding tert-OH is 1. The summed E-state index contributed by atoms with van der Waals surface area (Å²) in [7, 11) is 0. The molecule has 0 aliphatic heterocycles. The Morgan fingerprint density at radius 2 is 1.75 bits per heavy atom. The molecule has 0 saturated heterocycles. The minimum Gasteiger partial charge on any atom is -0.388 e. The molecule has 0 amide bonds. The maximum atomic E-state index is 13.6. The van der Waals surface area contributed by atoms with Gasteiger partial charge in [-0.2, -0.15) is 0 Å². The lowest BCUT2D eigenvalue weighted by Crippen LogP contribution is -2.06. The third kappa shape index (κ3) is 3.16. The SMILES string of the molecule is OC(Cc1cc(Cl)ccc1F)c1ccc(F)c(F)c1Br. The van der Waals surface area contributed by atoms with Crippen molar-refractivity contribution in [1.29, 1.82) is 0 Å². The molecule has 2 aromatic carbocycles. The van der Waals surface area contributed by atoms with Gasteiger partial charge in [0.15, 0.2) is 11.6 Å². The number of halogens is 5. The van der Waals surface area contributed by atoms with E-state index in [9.17, 15) is 18.3 Å². The highest BCUT2D eigenvalue weighted by Gasteiger charge is 2.19. The average molecular weight is 366 g/mol. The van der Waals surface area contributed by atoms with Gasteiger partial charge >= 0.3 is 0 Å². The summed E-state index contributed by atoms with van der Waals surface area (Å²) in [5, 5.41) is 10.4. The molecule has 0 aliphatic carbocycles. The second kappa shape index (κ2) is 6.16. The normalized spacial score (nSPS) is 12.5. The summed E-state index contributed by atoms with van der Waals surface area (Å²) in [4.78, 5) is 0. The summed E-state index contributed by atoms with van der Waals surface area (Å²) in [6.07, 6.45) is -1.29. The maximum absolute atomic E-state index is 13.6. The van der Waals surface area contributed by atoms with Gasteiger partial charge < -0.3 is 5.11 Å². The average Bonchev–Trinajstić information content (AvgIpc) is 2.40. The Morgan fingerprint density at radius 3 is 2.45 bits per heavy atom. The van der Waals surface area contributed by atoms with E-state index < -0.39 is 23.6 Å². The summed E-state index contributed by atoms with van der Waals surface area (Å²) in [5.74, 6) is -2.64. The Morgan fingerprint density at radius 1 is 1.10 bits per heavy atom. The molecule has 106 valence electrons. The molecule has 1 nitrogen and oxygen atoms in total. The molecular formula is C14H9BrClF3O. The molecule has 0 aliphatic rings. The highest BCUT2D eigenvalue weighted by Crippen LogP contribution is 2.30. The van der Waals surface area contributed by atoms with Crippen LogP contribution in [0.4, 0.5) is 13.2 Å². The molecule has 0 aromatic heterocycles. The van der Waals surface area contributed by atoms with Crippen LogP contribution in [0.15, 0.2) is 34.8 Å². The van der Waals surface area contributed by atoms with Crippen LogP contribution in [0, 0.1) is 17.5 Å². The predicted octanol–water partition coefficient (Wildman–Crippen LogP) is 4.80. The van der Waals surface area contributed by atoms with Gasteiger partial charge in [0.1, 0.15) is 5.82 Å². The van der Waals surface area contributed by atoms with Crippen LogP contribution in [-0.4, -0.2) is 5.11 Å². The summed E-state index contributed by atoms with van der Waals surface area (Å²) in [5.41, 5.74) is 0.338. The van der Waals surface area contributed by atoms with Gasteiger partial charge in [0.2, 0.25) is 0 Å². The van der Waals surface area contributed by atoms with E-state index in [0.29, 0.717) is 5.02 Å². The molecule has 1 unspecified atom stereocenters. The monoisotopic (exact) mass is 364 g/mol. The number of aliphatic hydroxyl groups is 1. The standard InChI is InChI=1S/C14H9BrClF3O/c15-13-9(2-4-11(18)14(13)19)12(20)6-7-5-8(16)1-3-10(7)17/h1-5,12,20H,6H2. The van der Waals surface area contributed by atoms with Crippen molar-refractivity contribution in [2.45, 2.75) is 12.5 Å². The van der Waals surface area contributed by atoms with E-state index in [1.165, 1.54) is 24.3 Å². The molecule has 0 bridgehead atoms. The van der Waals surface area contributed by atoms with Crippen LogP contribution >= 0.6 is 27.5 Å². The lowest BCUT2D eigenvalue weighted by molar-refractivity contribution is 0.175. The van der Waals surface area contributed by atoms with Crippen LogP contribution in [0.1, 0.15) is 17.2 Å². The van der Waals surface area contributed by atoms with Crippen molar-refractivity contribution in [3.05, 3.63) is 68.4 Å². The van der Waals surface area contributed by atoms with Crippen molar-refractivity contribution >= 4 is 27.5 Å². The van der Waals surface area contributed by atoms with Gasteiger partial charge in [-0.25, -0.2) is 13.2 Å². The van der Waals surface area contributed by atoms with Crippen LogP contribution in [0.5, 0.6) is 0 Å². The minimum atomic E-state index is -1.19. The van der Waals surface area contributed by atoms with Crippen LogP contribution < -0.4 is 0 Å². The summed E-state index contributed by atoms with van der Waals surface area (Å²) < 4.78 is 39.8. The Hall–Kier alpha value is -1.04. The molecule has 0 spiro atoms. The van der Waals surface area contributed by atoms with Crippen LogP contribution in [0.3, 0.4) is 0 Å². The number of rotatable bonds is 3. The van der Waals surface area contributed by atoms with Gasteiger partial charge in [0.05, 0.1) is 10.6 Å². The Kier molecular flexibility index (Phi) is 4.73. The Labute approximate surface area is 127 Å². The van der Waals surface area contributed by atoms with Crippen molar-refractivity contribution in [3.8, 4) is 0 Å². The summed E-state index contributed by atoms with van der Waals surface area (Å²) in [6.45, 7) is 0. The highest BCUT2D eigenvalue weighted by molar-refractivity contribution is 9.10. The lowest BCUT2D eigenvalue weighted by Gasteiger charge is -2.14. The molecule has 6 heteroatoms. The third-order valence-corrected chi connectivity index (χ3v) is 3.89. The molecule has 0 saturated carbocycles. The van der Waals surface area contributed by atoms with Crippen molar-refractivity contribution in [3.63, 3.8) is 0 Å². The van der Waals surface area contributed by atoms with Gasteiger partial charge in [0.25, 0.3) is 0 Å². The molecule has 1 N–H and O–H groups in total. The first-order chi connectivity index (χ1) is 9.40. The Bertz CT molecular complexity index is 649. The molecule has 0 fully saturated rings. The molecule has 1 atom stereocenters. The van der Waals surface area contributed by atoms with Crippen molar-refractivity contribution in [2.75, 3.05) is 0 Å². The zero-order valence-electron chi connectivity index (χ0n) is 10.0. The van der Waals surface area contributed by atoms with E-state index in [4.69, 9.17) is 11.6 Å². The van der Waals surface area contributed by atoms with E-state index in [1.807, 2.05) is 0 Å². The van der Waals surface area contributed by atoms with E-state index in [-0.39, 0.29) is 22.0 Å². The number of hydrogen-bond acceptors (Lipinski definition) is 1. The summed E-state index contributed by atoms with van der Waals surface area (Å²) in [6, 6.07) is 6.11. The van der Waals surface area contributed by atoms with Crippen LogP contribution in [-0.2, 0) is 6.42 Å². The molecule has 20 heavy (non-hydrogen) atoms. The molecular weight excluding hydrogens is 357 g/mol. The maximum Gasteiger partial charge on any atom is 0.173 e. The van der Waals surface area contributed by atoms with E-state index in [1.54, 1.807) is 0 Å². The fourth-order valence-corrected chi connectivity index (χ4v) is 2.60. The second-order valence-electron chi connectivity index (χ2n) is 4.22. The smallest absolute Gasteiger partial charge is 0.173 e.